The van der Waals surface area contributed by atoms with Crippen LogP contribution in [-0.2, 0) is 0 Å². The zero-order chi connectivity index (χ0) is 25.8. The molecule has 198 valence electrons. The summed E-state index contributed by atoms with van der Waals surface area (Å²) in [4.78, 5) is 4.69. The van der Waals surface area contributed by atoms with Crippen LogP contribution in [0.5, 0.6) is 11.5 Å². The molecule has 1 heterocycles. The third-order valence-corrected chi connectivity index (χ3v) is 11.9. The Kier molecular flexibility index (Phi) is 11.5. The van der Waals surface area contributed by atoms with Crippen molar-refractivity contribution in [2.24, 2.45) is 0 Å². The molecule has 0 aliphatic carbocycles. The Morgan fingerprint density at radius 1 is 0.806 bits per heavy atom. The number of nitrogens with zero attached hydrogens (tertiary/aromatic N) is 1. The molecule has 0 aliphatic heterocycles. The van der Waals surface area contributed by atoms with Crippen LogP contribution in [0.3, 0.4) is 0 Å². The van der Waals surface area contributed by atoms with Crippen LogP contribution >= 0.6 is 0 Å². The van der Waals surface area contributed by atoms with Gasteiger partial charge in [0.2, 0.25) is 0 Å². The van der Waals surface area contributed by atoms with Crippen molar-refractivity contribution in [3.05, 3.63) is 42.6 Å². The summed E-state index contributed by atoms with van der Waals surface area (Å²) in [5, 5.41) is 3.19. The van der Waals surface area contributed by atoms with Crippen LogP contribution in [0.4, 0.5) is 4.39 Å². The van der Waals surface area contributed by atoms with Gasteiger partial charge in [0.05, 0.1) is 33.5 Å². The molecule has 0 N–H and O–H groups in total. The van der Waals surface area contributed by atoms with Gasteiger partial charge < -0.3 is 9.47 Å². The lowest BCUT2D eigenvalue weighted by molar-refractivity contribution is 0.258. The van der Waals surface area contributed by atoms with Crippen molar-refractivity contribution < 1.29 is 13.9 Å². The molecule has 0 saturated carbocycles. The first-order valence-corrected chi connectivity index (χ1v) is 17.4. The number of hydrogen-bond donors (Lipinski definition) is 0. The van der Waals surface area contributed by atoms with Gasteiger partial charge in [0.15, 0.2) is 11.5 Å². The highest BCUT2D eigenvalue weighted by atomic mass is 28.3. The molecule has 5 heteroatoms. The summed E-state index contributed by atoms with van der Waals surface area (Å²) in [6, 6.07) is 13.5. The second-order valence-corrected chi connectivity index (χ2v) is 16.1. The van der Waals surface area contributed by atoms with Gasteiger partial charge in [-0.2, -0.15) is 0 Å². The predicted molar refractivity (Wildman–Crippen MR) is 155 cm³/mol. The second kappa shape index (κ2) is 14.6. The van der Waals surface area contributed by atoms with Crippen molar-refractivity contribution in [1.82, 2.24) is 4.98 Å². The van der Waals surface area contributed by atoms with Gasteiger partial charge in [-0.3, -0.25) is 9.37 Å². The van der Waals surface area contributed by atoms with Gasteiger partial charge in [0, 0.05) is 17.0 Å². The molecular weight excluding hydrogens is 465 g/mol. The normalized spacial score (nSPS) is 12.8. The Morgan fingerprint density at radius 3 is 2.33 bits per heavy atom. The van der Waals surface area contributed by atoms with Crippen LogP contribution in [0.2, 0.25) is 24.7 Å². The summed E-state index contributed by atoms with van der Waals surface area (Å²) in [5.74, 6) is 1.52. The number of halogens is 1. The van der Waals surface area contributed by atoms with Gasteiger partial charge >= 0.3 is 0 Å². The Balaban J connectivity index is 1.77. The fourth-order valence-electron chi connectivity index (χ4n) is 5.03. The van der Waals surface area contributed by atoms with E-state index in [-0.39, 0.29) is 12.2 Å². The molecule has 0 fully saturated rings. The SMILES string of the molecule is CCCCCCCCOc1ccc2c(cnc3ccccc32)c1OCCC(CF)[Si](C)(C)CCCC. The molecule has 0 aliphatic rings. The molecule has 3 nitrogen and oxygen atoms in total. The summed E-state index contributed by atoms with van der Waals surface area (Å²) in [6.07, 6.45) is 12.4. The number of para-hydroxylation sites is 1. The number of fused-ring (bicyclic) bond motifs is 3. The van der Waals surface area contributed by atoms with E-state index in [1.165, 1.54) is 51.0 Å². The Hall–Kier alpha value is -2.14. The van der Waals surface area contributed by atoms with Gasteiger partial charge in [0.25, 0.3) is 0 Å². The van der Waals surface area contributed by atoms with Crippen LogP contribution in [-0.4, -0.2) is 32.9 Å². The molecule has 1 unspecified atom stereocenters. The molecular formula is C31H46FNO2Si. The molecule has 0 radical (unpaired) electrons. The Labute approximate surface area is 218 Å². The topological polar surface area (TPSA) is 31.4 Å². The van der Waals surface area contributed by atoms with Crippen LogP contribution in [0, 0.1) is 0 Å². The first-order chi connectivity index (χ1) is 17.5. The minimum absolute atomic E-state index is 0.116. The van der Waals surface area contributed by atoms with E-state index >= 15 is 0 Å². The summed E-state index contributed by atoms with van der Waals surface area (Å²) >= 11 is 0. The van der Waals surface area contributed by atoms with Crippen molar-refractivity contribution in [2.45, 2.75) is 96.3 Å². The van der Waals surface area contributed by atoms with E-state index < -0.39 is 8.07 Å². The van der Waals surface area contributed by atoms with E-state index in [9.17, 15) is 4.39 Å². The van der Waals surface area contributed by atoms with E-state index in [4.69, 9.17) is 14.5 Å². The second-order valence-electron chi connectivity index (χ2n) is 10.8. The molecule has 2 aromatic carbocycles. The number of alkyl halides is 1. The van der Waals surface area contributed by atoms with Crippen molar-refractivity contribution >= 4 is 29.7 Å². The maximum atomic E-state index is 14.1. The van der Waals surface area contributed by atoms with E-state index in [0.717, 1.165) is 46.0 Å². The Morgan fingerprint density at radius 2 is 1.56 bits per heavy atom. The molecule has 1 aromatic heterocycles. The number of unbranched alkanes of at least 4 members (excludes halogenated alkanes) is 6. The zero-order valence-corrected chi connectivity index (χ0v) is 24.0. The van der Waals surface area contributed by atoms with E-state index in [1.54, 1.807) is 0 Å². The molecule has 1 atom stereocenters. The van der Waals surface area contributed by atoms with E-state index in [2.05, 4.69) is 39.1 Å². The van der Waals surface area contributed by atoms with Gasteiger partial charge in [0.1, 0.15) is 0 Å². The van der Waals surface area contributed by atoms with Gasteiger partial charge in [-0.05, 0) is 42.0 Å². The zero-order valence-electron chi connectivity index (χ0n) is 23.0. The van der Waals surface area contributed by atoms with Crippen molar-refractivity contribution in [2.75, 3.05) is 19.9 Å². The number of pyridine rings is 1. The summed E-state index contributed by atoms with van der Waals surface area (Å²) in [6.45, 7) is 10.0. The van der Waals surface area contributed by atoms with Gasteiger partial charge in [-0.25, -0.2) is 0 Å². The standard InChI is InChI=1S/C31H46FNO2Si/c1-5-7-9-10-11-14-20-34-30-18-17-26-27-15-12-13-16-29(27)33-24-28(26)31(30)35-21-19-25(23-32)36(3,4)22-8-6-2/h12-13,15-18,24-25H,5-11,14,19-23H2,1-4H3. The largest absolute Gasteiger partial charge is 0.490 e. The maximum Gasteiger partial charge on any atom is 0.170 e. The van der Waals surface area contributed by atoms with Crippen LogP contribution in [0.1, 0.15) is 71.6 Å². The number of hydrogen-bond acceptors (Lipinski definition) is 3. The van der Waals surface area contributed by atoms with E-state index in [1.807, 2.05) is 30.5 Å². The smallest absolute Gasteiger partial charge is 0.170 e. The molecule has 0 bridgehead atoms. The molecule has 36 heavy (non-hydrogen) atoms. The molecule has 3 rings (SSSR count). The maximum absolute atomic E-state index is 14.1. The molecule has 0 spiro atoms. The fraction of sp³-hybridized carbons (Fsp3) is 0.581. The summed E-state index contributed by atoms with van der Waals surface area (Å²) < 4.78 is 26.8. The minimum atomic E-state index is -1.63. The number of ether oxygens (including phenoxy) is 2. The highest BCUT2D eigenvalue weighted by molar-refractivity contribution is 6.78. The predicted octanol–water partition coefficient (Wildman–Crippen LogP) is 9.74. The minimum Gasteiger partial charge on any atom is -0.490 e. The molecule has 3 aromatic rings. The third-order valence-electron chi connectivity index (χ3n) is 7.62. The monoisotopic (exact) mass is 511 g/mol. The third kappa shape index (κ3) is 7.68. The lowest BCUT2D eigenvalue weighted by atomic mass is 10.1. The molecule has 0 amide bonds. The number of aromatic nitrogens is 1. The van der Waals surface area contributed by atoms with Gasteiger partial charge in [-0.1, -0.05) is 96.1 Å². The first-order valence-electron chi connectivity index (χ1n) is 14.1. The van der Waals surface area contributed by atoms with Crippen LogP contribution in [0.25, 0.3) is 21.7 Å². The summed E-state index contributed by atoms with van der Waals surface area (Å²) in [7, 11) is -1.63. The van der Waals surface area contributed by atoms with Crippen molar-refractivity contribution in [3.63, 3.8) is 0 Å². The van der Waals surface area contributed by atoms with Crippen LogP contribution in [0.15, 0.2) is 42.6 Å². The number of rotatable bonds is 17. The first kappa shape index (κ1) is 28.4. The van der Waals surface area contributed by atoms with Crippen LogP contribution < -0.4 is 9.47 Å². The highest BCUT2D eigenvalue weighted by Crippen LogP contribution is 2.39. The average molecular weight is 512 g/mol. The fourth-order valence-corrected chi connectivity index (χ4v) is 8.02. The lowest BCUT2D eigenvalue weighted by Gasteiger charge is -2.31. The summed E-state index contributed by atoms with van der Waals surface area (Å²) in [5.41, 5.74) is 1.09. The van der Waals surface area contributed by atoms with Gasteiger partial charge in [-0.15, -0.1) is 0 Å². The quantitative estimate of drug-likeness (QED) is 0.103. The van der Waals surface area contributed by atoms with Crippen molar-refractivity contribution in [1.29, 1.82) is 0 Å². The highest BCUT2D eigenvalue weighted by Gasteiger charge is 2.31. The van der Waals surface area contributed by atoms with Crippen molar-refractivity contribution in [3.8, 4) is 11.5 Å². The Bertz CT molecular complexity index is 1070. The van der Waals surface area contributed by atoms with E-state index in [0.29, 0.717) is 13.2 Å². The average Bonchev–Trinajstić information content (AvgIpc) is 2.89. The number of benzene rings is 2. The molecule has 0 saturated heterocycles. The lowest BCUT2D eigenvalue weighted by Crippen LogP contribution is -2.34.